The van der Waals surface area contributed by atoms with E-state index in [2.05, 4.69) is 43.3 Å². The second kappa shape index (κ2) is 6.31. The maximum atomic E-state index is 9.68. The Morgan fingerprint density at radius 1 is 1.19 bits per heavy atom. The molecule has 1 aliphatic rings. The molecule has 1 aliphatic heterocycles. The normalized spacial score (nSPS) is 18.1. The molecule has 0 aliphatic carbocycles. The van der Waals surface area contributed by atoms with Gasteiger partial charge in [-0.05, 0) is 42.9 Å². The molecule has 21 heavy (non-hydrogen) atoms. The van der Waals surface area contributed by atoms with Crippen LogP contribution in [0.1, 0.15) is 23.1 Å². The Labute approximate surface area is 126 Å². The number of aliphatic hydroxyl groups is 1. The molecule has 2 unspecified atom stereocenters. The number of para-hydroxylation sites is 1. The van der Waals surface area contributed by atoms with Gasteiger partial charge in [-0.3, -0.25) is 0 Å². The van der Waals surface area contributed by atoms with Crippen molar-refractivity contribution >= 4 is 0 Å². The van der Waals surface area contributed by atoms with Crippen LogP contribution in [0.4, 0.5) is 0 Å². The molecule has 1 N–H and O–H groups in total. The van der Waals surface area contributed by atoms with E-state index in [1.807, 2.05) is 12.1 Å². The van der Waals surface area contributed by atoms with Gasteiger partial charge in [-0.25, -0.2) is 0 Å². The third-order valence-corrected chi connectivity index (χ3v) is 4.18. The highest BCUT2D eigenvalue weighted by Crippen LogP contribution is 2.31. The summed E-state index contributed by atoms with van der Waals surface area (Å²) in [5.74, 6) is 1.26. The predicted octanol–water partition coefficient (Wildman–Crippen LogP) is 3.54. The third-order valence-electron chi connectivity index (χ3n) is 4.18. The summed E-state index contributed by atoms with van der Waals surface area (Å²) in [5.41, 5.74) is 3.85. The van der Waals surface area contributed by atoms with Crippen LogP contribution in [0, 0.1) is 12.8 Å². The first-order chi connectivity index (χ1) is 10.2. The molecule has 2 heteroatoms. The molecular weight excluding hydrogens is 260 g/mol. The number of aliphatic hydroxyl groups excluding tert-OH is 1. The van der Waals surface area contributed by atoms with Crippen LogP contribution in [0.25, 0.3) is 0 Å². The van der Waals surface area contributed by atoms with Crippen LogP contribution in [0.3, 0.4) is 0 Å². The fraction of sp³-hybridized carbons (Fsp3) is 0.368. The molecule has 0 bridgehead atoms. The zero-order valence-corrected chi connectivity index (χ0v) is 12.5. The van der Waals surface area contributed by atoms with E-state index in [0.717, 1.165) is 25.0 Å². The van der Waals surface area contributed by atoms with Crippen molar-refractivity contribution in [3.05, 3.63) is 65.2 Å². The van der Waals surface area contributed by atoms with Gasteiger partial charge in [-0.1, -0.05) is 48.0 Å². The highest BCUT2D eigenvalue weighted by atomic mass is 16.5. The summed E-state index contributed by atoms with van der Waals surface area (Å²) in [6, 6.07) is 16.8. The number of benzene rings is 2. The average molecular weight is 282 g/mol. The van der Waals surface area contributed by atoms with Crippen molar-refractivity contribution in [2.75, 3.05) is 6.61 Å². The van der Waals surface area contributed by atoms with Crippen molar-refractivity contribution in [3.8, 4) is 5.75 Å². The van der Waals surface area contributed by atoms with Crippen LogP contribution in [0.2, 0.25) is 0 Å². The zero-order valence-electron chi connectivity index (χ0n) is 12.5. The average Bonchev–Trinajstić information content (AvgIpc) is 2.89. The first-order valence-electron chi connectivity index (χ1n) is 7.65. The summed E-state index contributed by atoms with van der Waals surface area (Å²) in [5, 5.41) is 9.68. The minimum atomic E-state index is 0.198. The summed E-state index contributed by atoms with van der Waals surface area (Å²) >= 11 is 0. The smallest absolute Gasteiger partial charge is 0.123 e. The van der Waals surface area contributed by atoms with Crippen LogP contribution < -0.4 is 4.74 Å². The topological polar surface area (TPSA) is 29.5 Å². The van der Waals surface area contributed by atoms with E-state index in [9.17, 15) is 5.11 Å². The lowest BCUT2D eigenvalue weighted by Gasteiger charge is -2.19. The van der Waals surface area contributed by atoms with Gasteiger partial charge >= 0.3 is 0 Å². The number of hydrogen-bond acceptors (Lipinski definition) is 2. The number of hydrogen-bond donors (Lipinski definition) is 1. The maximum Gasteiger partial charge on any atom is 0.123 e. The molecule has 2 aromatic carbocycles. The summed E-state index contributed by atoms with van der Waals surface area (Å²) in [6.45, 7) is 2.32. The van der Waals surface area contributed by atoms with E-state index in [0.29, 0.717) is 0 Å². The van der Waals surface area contributed by atoms with Crippen molar-refractivity contribution in [1.29, 1.82) is 0 Å². The standard InChI is InChI=1S/C19H22O2/c1-14-5-4-6-15(9-14)10-16(13-20)11-18-12-17-7-2-3-8-19(17)21-18/h2-9,16,18,20H,10-13H2,1H3. The summed E-state index contributed by atoms with van der Waals surface area (Å²) in [7, 11) is 0. The molecule has 0 amide bonds. The molecule has 110 valence electrons. The van der Waals surface area contributed by atoms with Gasteiger partial charge < -0.3 is 9.84 Å². The molecular formula is C19H22O2. The maximum absolute atomic E-state index is 9.68. The minimum absolute atomic E-state index is 0.198. The van der Waals surface area contributed by atoms with Crippen LogP contribution in [0.5, 0.6) is 5.75 Å². The molecule has 3 rings (SSSR count). The van der Waals surface area contributed by atoms with E-state index < -0.39 is 0 Å². The third kappa shape index (κ3) is 3.45. The molecule has 0 radical (unpaired) electrons. The highest BCUT2D eigenvalue weighted by molar-refractivity contribution is 5.37. The summed E-state index contributed by atoms with van der Waals surface area (Å²) in [6.07, 6.45) is 2.97. The van der Waals surface area contributed by atoms with Gasteiger partial charge in [0.1, 0.15) is 11.9 Å². The zero-order chi connectivity index (χ0) is 14.7. The Morgan fingerprint density at radius 3 is 2.81 bits per heavy atom. The second-order valence-corrected chi connectivity index (χ2v) is 6.03. The van der Waals surface area contributed by atoms with E-state index in [1.54, 1.807) is 0 Å². The molecule has 0 saturated carbocycles. The lowest BCUT2D eigenvalue weighted by atomic mass is 9.92. The monoisotopic (exact) mass is 282 g/mol. The molecule has 2 atom stereocenters. The summed E-state index contributed by atoms with van der Waals surface area (Å²) < 4.78 is 5.99. The Bertz CT molecular complexity index is 581. The van der Waals surface area contributed by atoms with Crippen molar-refractivity contribution in [1.82, 2.24) is 0 Å². The molecule has 2 aromatic rings. The number of fused-ring (bicyclic) bond motifs is 1. The van der Waals surface area contributed by atoms with Gasteiger partial charge in [0, 0.05) is 13.0 Å². The fourth-order valence-electron chi connectivity index (χ4n) is 3.15. The predicted molar refractivity (Wildman–Crippen MR) is 84.6 cm³/mol. The molecule has 0 fully saturated rings. The SMILES string of the molecule is Cc1cccc(CC(CO)CC2Cc3ccccc3O2)c1. The molecule has 0 spiro atoms. The Kier molecular flexibility index (Phi) is 4.26. The lowest BCUT2D eigenvalue weighted by molar-refractivity contribution is 0.149. The first kappa shape index (κ1) is 14.2. The van der Waals surface area contributed by atoms with Crippen molar-refractivity contribution in [3.63, 3.8) is 0 Å². The number of aryl methyl sites for hydroxylation is 1. The largest absolute Gasteiger partial charge is 0.490 e. The van der Waals surface area contributed by atoms with Gasteiger partial charge in [0.05, 0.1) is 0 Å². The van der Waals surface area contributed by atoms with Crippen LogP contribution in [0.15, 0.2) is 48.5 Å². The van der Waals surface area contributed by atoms with Gasteiger partial charge in [-0.2, -0.15) is 0 Å². The van der Waals surface area contributed by atoms with Crippen LogP contribution in [-0.2, 0) is 12.8 Å². The molecule has 2 nitrogen and oxygen atoms in total. The molecule has 1 heterocycles. The fourth-order valence-corrected chi connectivity index (χ4v) is 3.15. The Morgan fingerprint density at radius 2 is 2.05 bits per heavy atom. The van der Waals surface area contributed by atoms with E-state index in [1.165, 1.54) is 16.7 Å². The summed E-state index contributed by atoms with van der Waals surface area (Å²) in [4.78, 5) is 0. The second-order valence-electron chi connectivity index (χ2n) is 6.03. The van der Waals surface area contributed by atoms with Crippen molar-refractivity contribution in [2.45, 2.75) is 32.3 Å². The van der Waals surface area contributed by atoms with E-state index in [4.69, 9.17) is 4.74 Å². The van der Waals surface area contributed by atoms with Gasteiger partial charge in [0.15, 0.2) is 0 Å². The van der Waals surface area contributed by atoms with Gasteiger partial charge in [0.2, 0.25) is 0 Å². The van der Waals surface area contributed by atoms with Crippen LogP contribution in [-0.4, -0.2) is 17.8 Å². The number of rotatable bonds is 5. The van der Waals surface area contributed by atoms with Gasteiger partial charge in [0.25, 0.3) is 0 Å². The Balaban J connectivity index is 1.61. The molecule has 0 aromatic heterocycles. The van der Waals surface area contributed by atoms with E-state index >= 15 is 0 Å². The minimum Gasteiger partial charge on any atom is -0.490 e. The van der Waals surface area contributed by atoms with Crippen LogP contribution >= 0.6 is 0 Å². The van der Waals surface area contributed by atoms with Gasteiger partial charge in [-0.15, -0.1) is 0 Å². The van der Waals surface area contributed by atoms with Crippen molar-refractivity contribution < 1.29 is 9.84 Å². The lowest BCUT2D eigenvalue weighted by Crippen LogP contribution is -2.22. The highest BCUT2D eigenvalue weighted by Gasteiger charge is 2.25. The first-order valence-corrected chi connectivity index (χ1v) is 7.65. The number of ether oxygens (including phenoxy) is 1. The van der Waals surface area contributed by atoms with Crippen molar-refractivity contribution in [2.24, 2.45) is 5.92 Å². The van der Waals surface area contributed by atoms with E-state index in [-0.39, 0.29) is 18.6 Å². The Hall–Kier alpha value is -1.80. The quantitative estimate of drug-likeness (QED) is 0.909. The molecule has 0 saturated heterocycles.